The Morgan fingerprint density at radius 1 is 1.70 bits per heavy atom. The third-order valence-corrected chi connectivity index (χ3v) is 2.24. The van der Waals surface area contributed by atoms with E-state index in [0.29, 0.717) is 6.04 Å². The lowest BCUT2D eigenvalue weighted by Gasteiger charge is -2.20. The summed E-state index contributed by atoms with van der Waals surface area (Å²) in [6, 6.07) is 0.678. The molecular formula is C8H16N2. The highest BCUT2D eigenvalue weighted by molar-refractivity contribution is 5.01. The lowest BCUT2D eigenvalue weighted by atomic mass is 10.1. The summed E-state index contributed by atoms with van der Waals surface area (Å²) in [4.78, 5) is 2.32. The van der Waals surface area contributed by atoms with Crippen LogP contribution in [0.1, 0.15) is 19.8 Å². The molecule has 2 N–H and O–H groups in total. The van der Waals surface area contributed by atoms with Crippen LogP contribution in [0.4, 0.5) is 0 Å². The Morgan fingerprint density at radius 3 is 3.10 bits per heavy atom. The van der Waals surface area contributed by atoms with Crippen molar-refractivity contribution >= 4 is 0 Å². The molecular weight excluding hydrogens is 124 g/mol. The maximum Gasteiger partial charge on any atom is 0.0182 e. The fourth-order valence-electron chi connectivity index (χ4n) is 1.14. The average Bonchev–Trinajstić information content (AvgIpc) is 2.04. The lowest BCUT2D eigenvalue weighted by molar-refractivity contribution is 0.278. The quantitative estimate of drug-likeness (QED) is 0.542. The van der Waals surface area contributed by atoms with E-state index in [0.717, 1.165) is 18.7 Å². The second-order valence-corrected chi connectivity index (χ2v) is 3.11. The molecule has 1 heterocycles. The molecule has 10 heavy (non-hydrogen) atoms. The Hall–Kier alpha value is -0.500. The molecule has 1 aliphatic rings. The topological polar surface area (TPSA) is 29.3 Å². The number of hydrogen-bond acceptors (Lipinski definition) is 2. The van der Waals surface area contributed by atoms with Crippen LogP contribution in [0.15, 0.2) is 11.8 Å². The van der Waals surface area contributed by atoms with Crippen molar-refractivity contribution in [3.8, 4) is 0 Å². The molecule has 0 saturated carbocycles. The highest BCUT2D eigenvalue weighted by atomic mass is 15.1. The largest absolute Gasteiger partial charge is 0.402 e. The number of nitrogens with two attached hydrogens (primary N) is 1. The molecule has 0 saturated heterocycles. The normalized spacial score (nSPS) is 29.4. The van der Waals surface area contributed by atoms with E-state index in [1.54, 1.807) is 0 Å². The average molecular weight is 140 g/mol. The van der Waals surface area contributed by atoms with Crippen molar-refractivity contribution in [1.29, 1.82) is 0 Å². The molecule has 1 rings (SSSR count). The van der Waals surface area contributed by atoms with E-state index < -0.39 is 0 Å². The first-order valence-corrected chi connectivity index (χ1v) is 3.85. The van der Waals surface area contributed by atoms with Gasteiger partial charge >= 0.3 is 0 Å². The van der Waals surface area contributed by atoms with Crippen LogP contribution in [0, 0.1) is 0 Å². The second kappa shape index (κ2) is 3.06. The van der Waals surface area contributed by atoms with Crippen LogP contribution >= 0.6 is 0 Å². The molecule has 1 aliphatic heterocycles. The molecule has 0 bridgehead atoms. The van der Waals surface area contributed by atoms with Gasteiger partial charge in [0.25, 0.3) is 0 Å². The van der Waals surface area contributed by atoms with E-state index >= 15 is 0 Å². The Balaban J connectivity index is 2.52. The first-order valence-electron chi connectivity index (χ1n) is 3.85. The smallest absolute Gasteiger partial charge is 0.0182 e. The van der Waals surface area contributed by atoms with Crippen LogP contribution in [0.3, 0.4) is 0 Å². The number of allylic oxidation sites excluding steroid dienone is 1. The first kappa shape index (κ1) is 7.61. The van der Waals surface area contributed by atoms with Crippen molar-refractivity contribution in [3.63, 3.8) is 0 Å². The summed E-state index contributed by atoms with van der Waals surface area (Å²) in [6.45, 7) is 3.25. The van der Waals surface area contributed by atoms with Gasteiger partial charge in [0.05, 0.1) is 0 Å². The van der Waals surface area contributed by atoms with Crippen molar-refractivity contribution in [2.24, 2.45) is 5.73 Å². The van der Waals surface area contributed by atoms with Gasteiger partial charge in [-0.05, 0) is 26.8 Å². The molecule has 0 aliphatic carbocycles. The minimum Gasteiger partial charge on any atom is -0.402 e. The Kier molecular flexibility index (Phi) is 2.33. The van der Waals surface area contributed by atoms with Gasteiger partial charge in [-0.1, -0.05) is 6.08 Å². The predicted molar refractivity (Wildman–Crippen MR) is 43.6 cm³/mol. The van der Waals surface area contributed by atoms with E-state index in [-0.39, 0.29) is 0 Å². The Labute approximate surface area is 62.7 Å². The van der Waals surface area contributed by atoms with Crippen LogP contribution in [0.2, 0.25) is 0 Å². The van der Waals surface area contributed by atoms with Crippen molar-refractivity contribution in [2.75, 3.05) is 13.6 Å². The van der Waals surface area contributed by atoms with Gasteiger partial charge in [0.2, 0.25) is 0 Å². The molecule has 0 radical (unpaired) electrons. The standard InChI is InChI=1S/C8H16N2/c1-7-3-4-8(9)5-6-10(7)2/h5,7H,3-4,6,9H2,1-2H3. The first-order chi connectivity index (χ1) is 4.70. The lowest BCUT2D eigenvalue weighted by Crippen LogP contribution is -2.27. The maximum absolute atomic E-state index is 5.69. The van der Waals surface area contributed by atoms with Gasteiger partial charge in [-0.25, -0.2) is 0 Å². The molecule has 0 aromatic heterocycles. The predicted octanol–water partition coefficient (Wildman–Crippen LogP) is 0.943. The van der Waals surface area contributed by atoms with Crippen LogP contribution in [-0.4, -0.2) is 24.5 Å². The molecule has 1 atom stereocenters. The maximum atomic E-state index is 5.69. The van der Waals surface area contributed by atoms with Crippen LogP contribution in [0.25, 0.3) is 0 Å². The molecule has 0 spiro atoms. The van der Waals surface area contributed by atoms with Gasteiger partial charge < -0.3 is 5.73 Å². The Morgan fingerprint density at radius 2 is 2.40 bits per heavy atom. The van der Waals surface area contributed by atoms with Crippen molar-refractivity contribution in [1.82, 2.24) is 4.90 Å². The van der Waals surface area contributed by atoms with Crippen molar-refractivity contribution in [3.05, 3.63) is 11.8 Å². The van der Waals surface area contributed by atoms with Crippen LogP contribution in [-0.2, 0) is 0 Å². The third-order valence-electron chi connectivity index (χ3n) is 2.24. The van der Waals surface area contributed by atoms with E-state index in [1.807, 2.05) is 0 Å². The minimum atomic E-state index is 0.678. The monoisotopic (exact) mass is 140 g/mol. The third kappa shape index (κ3) is 1.74. The zero-order valence-corrected chi connectivity index (χ0v) is 6.80. The summed E-state index contributed by atoms with van der Waals surface area (Å²) in [7, 11) is 2.14. The van der Waals surface area contributed by atoms with Gasteiger partial charge in [0.1, 0.15) is 0 Å². The molecule has 0 aromatic carbocycles. The van der Waals surface area contributed by atoms with Gasteiger partial charge in [-0.2, -0.15) is 0 Å². The zero-order chi connectivity index (χ0) is 7.56. The number of rotatable bonds is 0. The summed E-state index contributed by atoms with van der Waals surface area (Å²) in [5.74, 6) is 0. The highest BCUT2D eigenvalue weighted by Crippen LogP contribution is 2.11. The molecule has 2 heteroatoms. The fourth-order valence-corrected chi connectivity index (χ4v) is 1.14. The summed E-state index contributed by atoms with van der Waals surface area (Å²) >= 11 is 0. The number of hydrogen-bond donors (Lipinski definition) is 1. The van der Waals surface area contributed by atoms with Crippen molar-refractivity contribution < 1.29 is 0 Å². The zero-order valence-electron chi connectivity index (χ0n) is 6.80. The van der Waals surface area contributed by atoms with Crippen molar-refractivity contribution in [2.45, 2.75) is 25.8 Å². The molecule has 2 nitrogen and oxygen atoms in total. The van der Waals surface area contributed by atoms with Gasteiger partial charge in [-0.15, -0.1) is 0 Å². The number of nitrogens with zero attached hydrogens (tertiary/aromatic N) is 1. The minimum absolute atomic E-state index is 0.678. The summed E-state index contributed by atoms with van der Waals surface area (Å²) < 4.78 is 0. The molecule has 0 amide bonds. The van der Waals surface area contributed by atoms with E-state index in [1.165, 1.54) is 6.42 Å². The van der Waals surface area contributed by atoms with E-state index in [2.05, 4.69) is 24.9 Å². The number of likely N-dealkylation sites (N-methyl/N-ethyl adjacent to an activating group) is 1. The highest BCUT2D eigenvalue weighted by Gasteiger charge is 2.10. The molecule has 0 fully saturated rings. The van der Waals surface area contributed by atoms with Crippen LogP contribution < -0.4 is 5.73 Å². The molecule has 1 unspecified atom stereocenters. The van der Waals surface area contributed by atoms with E-state index in [4.69, 9.17) is 5.73 Å². The second-order valence-electron chi connectivity index (χ2n) is 3.11. The summed E-state index contributed by atoms with van der Waals surface area (Å²) in [6.07, 6.45) is 4.37. The molecule has 0 aromatic rings. The van der Waals surface area contributed by atoms with E-state index in [9.17, 15) is 0 Å². The SMILES string of the molecule is CC1CCC(N)=CCN1C. The molecule has 58 valence electrons. The van der Waals surface area contributed by atoms with Gasteiger partial charge in [-0.3, -0.25) is 4.90 Å². The summed E-state index contributed by atoms with van der Waals surface area (Å²) in [5, 5.41) is 0. The fraction of sp³-hybridized carbons (Fsp3) is 0.750. The Bertz CT molecular complexity index is 140. The van der Waals surface area contributed by atoms with Gasteiger partial charge in [0, 0.05) is 18.3 Å². The van der Waals surface area contributed by atoms with Crippen LogP contribution in [0.5, 0.6) is 0 Å². The van der Waals surface area contributed by atoms with Gasteiger partial charge in [0.15, 0.2) is 0 Å². The summed E-state index contributed by atoms with van der Waals surface area (Å²) in [5.41, 5.74) is 6.75.